The largest absolute Gasteiger partial charge is 0.490 e. The number of fused-ring (bicyclic) bond motifs is 1. The van der Waals surface area contributed by atoms with Crippen molar-refractivity contribution >= 4 is 39.8 Å². The summed E-state index contributed by atoms with van der Waals surface area (Å²) in [5.41, 5.74) is 2.28. The lowest BCUT2D eigenvalue weighted by molar-refractivity contribution is 0.171. The van der Waals surface area contributed by atoms with E-state index in [0.717, 1.165) is 37.2 Å². The first-order valence-electron chi connectivity index (χ1n) is 8.40. The molecular formula is C20H18Cl2N2O. The van der Waals surface area contributed by atoms with E-state index in [4.69, 9.17) is 27.9 Å². The molecule has 1 aromatic heterocycles. The van der Waals surface area contributed by atoms with Gasteiger partial charge in [-0.15, -0.1) is 0 Å². The summed E-state index contributed by atoms with van der Waals surface area (Å²) in [6.07, 6.45) is 3.98. The Hall–Kier alpha value is -1.97. The molecule has 1 fully saturated rings. The fourth-order valence-corrected chi connectivity index (χ4v) is 3.87. The fraction of sp³-hybridized carbons (Fsp3) is 0.250. The second-order valence-corrected chi connectivity index (χ2v) is 7.13. The van der Waals surface area contributed by atoms with Crippen LogP contribution in [0.4, 0.5) is 5.69 Å². The third-order valence-electron chi connectivity index (χ3n) is 4.55. The highest BCUT2D eigenvalue weighted by Crippen LogP contribution is 2.30. The van der Waals surface area contributed by atoms with Gasteiger partial charge in [-0.3, -0.25) is 4.98 Å². The number of ether oxygens (including phenoxy) is 1. The van der Waals surface area contributed by atoms with E-state index in [1.807, 2.05) is 24.4 Å². The van der Waals surface area contributed by atoms with Crippen molar-refractivity contribution in [2.75, 3.05) is 18.0 Å². The van der Waals surface area contributed by atoms with Crippen LogP contribution in [0, 0.1) is 0 Å². The Bertz CT molecular complexity index is 866. The molecule has 5 heteroatoms. The van der Waals surface area contributed by atoms with Crippen LogP contribution in [0.5, 0.6) is 5.75 Å². The SMILES string of the molecule is Clc1cc(Cl)cc(OC2CCN(c3ccnc4ccccc34)CC2)c1. The fourth-order valence-electron chi connectivity index (χ4n) is 3.36. The summed E-state index contributed by atoms with van der Waals surface area (Å²) in [6.45, 7) is 1.90. The molecule has 0 amide bonds. The van der Waals surface area contributed by atoms with E-state index in [-0.39, 0.29) is 6.10 Å². The zero-order valence-corrected chi connectivity index (χ0v) is 15.2. The normalized spacial score (nSPS) is 15.5. The number of anilines is 1. The van der Waals surface area contributed by atoms with Crippen LogP contribution in [-0.2, 0) is 0 Å². The first kappa shape index (κ1) is 16.5. The van der Waals surface area contributed by atoms with Gasteiger partial charge >= 0.3 is 0 Å². The third-order valence-corrected chi connectivity index (χ3v) is 4.98. The highest BCUT2D eigenvalue weighted by atomic mass is 35.5. The van der Waals surface area contributed by atoms with Crippen LogP contribution in [-0.4, -0.2) is 24.2 Å². The molecule has 25 heavy (non-hydrogen) atoms. The molecule has 0 unspecified atom stereocenters. The van der Waals surface area contributed by atoms with Gasteiger partial charge in [0.1, 0.15) is 11.9 Å². The van der Waals surface area contributed by atoms with Gasteiger partial charge in [-0.2, -0.15) is 0 Å². The molecule has 0 saturated carbocycles. The number of aromatic nitrogens is 1. The number of hydrogen-bond acceptors (Lipinski definition) is 3. The van der Waals surface area contributed by atoms with Gasteiger partial charge in [0.25, 0.3) is 0 Å². The molecule has 128 valence electrons. The number of rotatable bonds is 3. The van der Waals surface area contributed by atoms with Crippen molar-refractivity contribution in [1.82, 2.24) is 4.98 Å². The average Bonchev–Trinajstić information content (AvgIpc) is 2.61. The number of piperidine rings is 1. The van der Waals surface area contributed by atoms with Crippen LogP contribution in [0.2, 0.25) is 10.0 Å². The van der Waals surface area contributed by atoms with Gasteiger partial charge in [0.15, 0.2) is 0 Å². The van der Waals surface area contributed by atoms with E-state index in [9.17, 15) is 0 Å². The molecule has 0 atom stereocenters. The summed E-state index contributed by atoms with van der Waals surface area (Å²) in [4.78, 5) is 6.86. The Kier molecular flexibility index (Phi) is 4.69. The number of hydrogen-bond donors (Lipinski definition) is 0. The van der Waals surface area contributed by atoms with Crippen LogP contribution in [0.15, 0.2) is 54.7 Å². The van der Waals surface area contributed by atoms with Gasteiger partial charge in [-0.25, -0.2) is 0 Å². The van der Waals surface area contributed by atoms with Crippen LogP contribution >= 0.6 is 23.2 Å². The minimum absolute atomic E-state index is 0.180. The molecule has 1 saturated heterocycles. The van der Waals surface area contributed by atoms with Gasteiger partial charge in [0, 0.05) is 53.2 Å². The van der Waals surface area contributed by atoms with Crippen molar-refractivity contribution in [3.63, 3.8) is 0 Å². The summed E-state index contributed by atoms with van der Waals surface area (Å²) in [5.74, 6) is 0.741. The van der Waals surface area contributed by atoms with Gasteiger partial charge in [0.05, 0.1) is 5.52 Å². The molecule has 0 bridgehead atoms. The van der Waals surface area contributed by atoms with Crippen molar-refractivity contribution in [2.45, 2.75) is 18.9 Å². The summed E-state index contributed by atoms with van der Waals surface area (Å²) in [5, 5.41) is 2.40. The van der Waals surface area contributed by atoms with Crippen LogP contribution in [0.3, 0.4) is 0 Å². The molecule has 0 N–H and O–H groups in total. The number of pyridine rings is 1. The van der Waals surface area contributed by atoms with Gasteiger partial charge < -0.3 is 9.64 Å². The first-order valence-corrected chi connectivity index (χ1v) is 9.16. The highest BCUT2D eigenvalue weighted by Gasteiger charge is 2.22. The Morgan fingerprint density at radius 1 is 0.960 bits per heavy atom. The maximum Gasteiger partial charge on any atom is 0.122 e. The second-order valence-electron chi connectivity index (χ2n) is 6.26. The Balaban J connectivity index is 1.46. The lowest BCUT2D eigenvalue weighted by Gasteiger charge is -2.34. The number of benzene rings is 2. The molecule has 3 aromatic rings. The summed E-state index contributed by atoms with van der Waals surface area (Å²) in [7, 11) is 0. The van der Waals surface area contributed by atoms with Gasteiger partial charge in [0.2, 0.25) is 0 Å². The highest BCUT2D eigenvalue weighted by molar-refractivity contribution is 6.34. The summed E-state index contributed by atoms with van der Waals surface area (Å²) >= 11 is 12.1. The quantitative estimate of drug-likeness (QED) is 0.599. The first-order chi connectivity index (χ1) is 12.2. The molecule has 2 aromatic carbocycles. The maximum absolute atomic E-state index is 6.08. The number of para-hydroxylation sites is 1. The van der Waals surface area contributed by atoms with Crippen molar-refractivity contribution < 1.29 is 4.74 Å². The lowest BCUT2D eigenvalue weighted by Crippen LogP contribution is -2.38. The zero-order chi connectivity index (χ0) is 17.2. The zero-order valence-electron chi connectivity index (χ0n) is 13.7. The molecule has 3 nitrogen and oxygen atoms in total. The summed E-state index contributed by atoms with van der Waals surface area (Å²) in [6, 6.07) is 15.7. The number of halogens is 2. The monoisotopic (exact) mass is 372 g/mol. The maximum atomic E-state index is 6.08. The van der Waals surface area contributed by atoms with E-state index in [2.05, 4.69) is 34.1 Å². The van der Waals surface area contributed by atoms with Crippen molar-refractivity contribution in [1.29, 1.82) is 0 Å². The topological polar surface area (TPSA) is 25.4 Å². The van der Waals surface area contributed by atoms with Crippen LogP contribution in [0.1, 0.15) is 12.8 Å². The van der Waals surface area contributed by atoms with Crippen molar-refractivity contribution in [3.8, 4) is 5.75 Å². The molecule has 0 aliphatic carbocycles. The minimum atomic E-state index is 0.180. The van der Waals surface area contributed by atoms with E-state index >= 15 is 0 Å². The second kappa shape index (κ2) is 7.11. The average molecular weight is 373 g/mol. The Morgan fingerprint density at radius 2 is 1.68 bits per heavy atom. The molecule has 4 rings (SSSR count). The van der Waals surface area contributed by atoms with Crippen LogP contribution < -0.4 is 9.64 Å². The molecule has 1 aliphatic heterocycles. The summed E-state index contributed by atoms with van der Waals surface area (Å²) < 4.78 is 6.08. The molecule has 2 heterocycles. The van der Waals surface area contributed by atoms with E-state index in [1.54, 1.807) is 6.07 Å². The number of nitrogens with zero attached hydrogens (tertiary/aromatic N) is 2. The van der Waals surface area contributed by atoms with Gasteiger partial charge in [-0.1, -0.05) is 41.4 Å². The third kappa shape index (κ3) is 3.68. The Morgan fingerprint density at radius 3 is 2.44 bits per heavy atom. The molecule has 1 aliphatic rings. The van der Waals surface area contributed by atoms with Gasteiger partial charge in [-0.05, 0) is 30.3 Å². The predicted molar refractivity (Wildman–Crippen MR) is 104 cm³/mol. The molecular weight excluding hydrogens is 355 g/mol. The lowest BCUT2D eigenvalue weighted by atomic mass is 10.1. The standard InChI is InChI=1S/C20H18Cl2N2O/c21-14-11-15(22)13-17(12-14)25-16-6-9-24(10-7-16)20-5-8-23-19-4-2-1-3-18(19)20/h1-5,8,11-13,16H,6-7,9-10H2. The molecule has 0 radical (unpaired) electrons. The predicted octanol–water partition coefficient (Wildman–Crippen LogP) is 5.59. The van der Waals surface area contributed by atoms with E-state index in [1.165, 1.54) is 11.1 Å². The smallest absolute Gasteiger partial charge is 0.122 e. The van der Waals surface area contributed by atoms with E-state index in [0.29, 0.717) is 10.0 Å². The van der Waals surface area contributed by atoms with Crippen molar-refractivity contribution in [2.24, 2.45) is 0 Å². The van der Waals surface area contributed by atoms with E-state index < -0.39 is 0 Å². The van der Waals surface area contributed by atoms with Crippen molar-refractivity contribution in [3.05, 3.63) is 64.8 Å². The minimum Gasteiger partial charge on any atom is -0.490 e. The molecule has 0 spiro atoms. The van der Waals surface area contributed by atoms with Crippen LogP contribution in [0.25, 0.3) is 10.9 Å². The Labute approximate surface area is 157 Å².